The Balaban J connectivity index is 0.971. The van der Waals surface area contributed by atoms with Gasteiger partial charge < -0.3 is 56.5 Å². The lowest BCUT2D eigenvalue weighted by Gasteiger charge is -2.25. The summed E-state index contributed by atoms with van der Waals surface area (Å²) in [5.74, 6) is -0.204. The van der Waals surface area contributed by atoms with Gasteiger partial charge in [-0.15, -0.1) is 9.42 Å². The van der Waals surface area contributed by atoms with Gasteiger partial charge in [-0.2, -0.15) is 19.3 Å². The molecule has 4 aromatic heterocycles. The van der Waals surface area contributed by atoms with Crippen LogP contribution in [0.5, 0.6) is 0 Å². The minimum absolute atomic E-state index is 0.0602. The summed E-state index contributed by atoms with van der Waals surface area (Å²) in [6.07, 6.45) is -12.2. The van der Waals surface area contributed by atoms with Gasteiger partial charge in [0.1, 0.15) is 73.2 Å². The van der Waals surface area contributed by atoms with Gasteiger partial charge in [-0.05, 0) is 6.07 Å². The number of aromatic amines is 1. The Bertz CT molecular complexity index is 2590. The molecule has 0 aliphatic carbocycles. The number of nitrogen functional groups attached to an aromatic ring is 3. The number of fused-ring (bicyclic) bond motifs is 2. The first-order chi connectivity index (χ1) is 29.2. The highest BCUT2D eigenvalue weighted by atomic mass is 31.2. The van der Waals surface area contributed by atoms with Crippen LogP contribution in [0, 0.1) is 0 Å². The number of H-pyrrole nitrogens is 1. The second-order valence-electron chi connectivity index (χ2n) is 14.0. The topological polar surface area (TPSA) is 462 Å². The molecule has 0 aromatic carbocycles. The van der Waals surface area contributed by atoms with E-state index in [-0.39, 0.29) is 28.6 Å². The van der Waals surface area contributed by atoms with E-state index >= 15 is 0 Å². The molecule has 8 heterocycles. The van der Waals surface area contributed by atoms with E-state index in [1.807, 2.05) is 0 Å². The zero-order valence-electron chi connectivity index (χ0n) is 31.1. The number of aliphatic hydroxyl groups is 3. The van der Waals surface area contributed by atoms with Crippen molar-refractivity contribution < 1.29 is 85.1 Å². The number of phosphoric ester groups is 2. The highest BCUT2D eigenvalue weighted by Gasteiger charge is 2.70. The average Bonchev–Trinajstić information content (AvgIpc) is 3.45. The minimum atomic E-state index is -5.43. The van der Waals surface area contributed by atoms with E-state index in [2.05, 4.69) is 34.8 Å². The molecule has 4 aromatic rings. The van der Waals surface area contributed by atoms with E-state index in [0.717, 1.165) is 27.6 Å². The summed E-state index contributed by atoms with van der Waals surface area (Å²) in [7, 11) is -14.0. The molecule has 4 aliphatic heterocycles. The Morgan fingerprint density at radius 1 is 0.919 bits per heavy atom. The Hall–Kier alpha value is -4.33. The number of nitrogens with one attached hydrogen (secondary N) is 2. The summed E-state index contributed by atoms with van der Waals surface area (Å²) in [5.41, 5.74) is 13.8. The zero-order chi connectivity index (χ0) is 44.5. The summed E-state index contributed by atoms with van der Waals surface area (Å²) in [4.78, 5) is 74.1. The number of aromatic nitrogens is 8. The highest BCUT2D eigenvalue weighted by molar-refractivity contribution is 7.47. The second-order valence-corrected chi connectivity index (χ2v) is 17.6. The number of ether oxygens (including phenoxy) is 3. The monoisotopic (exact) mass is 938 g/mol. The fraction of sp³-hybridized carbons (Fsp3) is 0.536. The molecule has 0 bridgehead atoms. The molecule has 336 valence electrons. The van der Waals surface area contributed by atoms with Crippen LogP contribution in [0.2, 0.25) is 0 Å². The first kappa shape index (κ1) is 44.3. The van der Waals surface area contributed by atoms with Gasteiger partial charge in [0.2, 0.25) is 6.23 Å². The SMILES string of the molecule is Nc1ccn([C@@H]2O[C@H](COP(=O)(O)O[C@H]3[C@@H](O)[C@H]([n+]4ccc(N)[nH]c4=O)O[C@@H]3CO[P+](=O)O)[C@@H](OP(=O)(O)OC[C@H]3O[C@@H](n4cnc5c(N)ncnc54)[C@@]4(O)N[C@H]34)[C@H]2O)c(=O)n1. The van der Waals surface area contributed by atoms with Gasteiger partial charge in [0, 0.05) is 16.8 Å². The number of rotatable bonds is 16. The summed E-state index contributed by atoms with van der Waals surface area (Å²) in [5, 5.41) is 36.4. The third-order valence-electron chi connectivity index (χ3n) is 10.1. The maximum Gasteiger partial charge on any atom is 0.694 e. The van der Waals surface area contributed by atoms with Gasteiger partial charge >= 0.3 is 35.3 Å². The van der Waals surface area contributed by atoms with Gasteiger partial charge in [0.05, 0.1) is 25.6 Å². The fourth-order valence-corrected chi connectivity index (χ4v) is 9.36. The van der Waals surface area contributed by atoms with Crippen LogP contribution < -0.4 is 38.5 Å². The third-order valence-corrected chi connectivity index (χ3v) is 12.4. The normalized spacial score (nSPS) is 33.9. The third kappa shape index (κ3) is 8.65. The molecule has 0 saturated carbocycles. The Kier molecular flexibility index (Phi) is 11.9. The Morgan fingerprint density at radius 3 is 2.27 bits per heavy atom. The smallest absolute Gasteiger partial charge is 0.386 e. The number of hydrogen-bond acceptors (Lipinski definition) is 24. The Labute approximate surface area is 345 Å². The number of nitrogens with zero attached hydrogens (tertiary/aromatic N) is 7. The van der Waals surface area contributed by atoms with Crippen molar-refractivity contribution in [3.05, 3.63) is 58.1 Å². The van der Waals surface area contributed by atoms with Gasteiger partial charge in [-0.25, -0.2) is 28.9 Å². The van der Waals surface area contributed by atoms with Crippen LogP contribution in [0.25, 0.3) is 11.2 Å². The van der Waals surface area contributed by atoms with Crippen LogP contribution in [-0.4, -0.2) is 138 Å². The fourth-order valence-electron chi connectivity index (χ4n) is 7.16. The van der Waals surface area contributed by atoms with Crippen molar-refractivity contribution in [2.24, 2.45) is 0 Å². The molecule has 8 rings (SSSR count). The number of phosphoric acid groups is 2. The van der Waals surface area contributed by atoms with Crippen molar-refractivity contribution in [2.45, 2.75) is 73.2 Å². The summed E-state index contributed by atoms with van der Waals surface area (Å²) in [6, 6.07) is 1.56. The molecule has 3 unspecified atom stereocenters. The van der Waals surface area contributed by atoms with E-state index in [0.29, 0.717) is 0 Å². The summed E-state index contributed by atoms with van der Waals surface area (Å²) in [6.45, 7) is -2.62. The van der Waals surface area contributed by atoms with Gasteiger partial charge in [-0.3, -0.25) is 32.5 Å². The van der Waals surface area contributed by atoms with Gasteiger partial charge in [0.25, 0.3) is 0 Å². The second kappa shape index (κ2) is 16.7. The maximum absolute atomic E-state index is 13.5. The van der Waals surface area contributed by atoms with Crippen LogP contribution in [0.15, 0.2) is 46.8 Å². The van der Waals surface area contributed by atoms with E-state index in [4.69, 9.17) is 49.5 Å². The van der Waals surface area contributed by atoms with Crippen LogP contribution in [0.1, 0.15) is 18.7 Å². The van der Waals surface area contributed by atoms with Crippen molar-refractivity contribution in [2.75, 3.05) is 37.0 Å². The van der Waals surface area contributed by atoms with Gasteiger partial charge in [0.15, 0.2) is 35.5 Å². The van der Waals surface area contributed by atoms with E-state index in [1.54, 1.807) is 0 Å². The number of anilines is 3. The molecular weight excluding hydrogens is 901 g/mol. The zero-order valence-corrected chi connectivity index (χ0v) is 33.8. The molecule has 4 fully saturated rings. The molecule has 62 heavy (non-hydrogen) atoms. The lowest BCUT2D eigenvalue weighted by Crippen LogP contribution is -2.58. The molecule has 31 nitrogen and oxygen atoms in total. The first-order valence-electron chi connectivity index (χ1n) is 17.9. The molecule has 34 heteroatoms. The van der Waals surface area contributed by atoms with Gasteiger partial charge in [-0.1, -0.05) is 0 Å². The van der Waals surface area contributed by atoms with E-state index in [9.17, 15) is 53.3 Å². The number of hydrogen-bond donors (Lipinski definition) is 11. The molecule has 0 spiro atoms. The Morgan fingerprint density at radius 2 is 1.60 bits per heavy atom. The van der Waals surface area contributed by atoms with Crippen molar-refractivity contribution >= 4 is 52.5 Å². The largest absolute Gasteiger partial charge is 0.694 e. The molecule has 4 saturated heterocycles. The van der Waals surface area contributed by atoms with Crippen LogP contribution in [0.3, 0.4) is 0 Å². The summed E-state index contributed by atoms with van der Waals surface area (Å²) < 4.78 is 83.8. The molecule has 0 radical (unpaired) electrons. The van der Waals surface area contributed by atoms with Crippen molar-refractivity contribution in [1.29, 1.82) is 0 Å². The predicted octanol–water partition coefficient (Wildman–Crippen LogP) is -4.75. The highest BCUT2D eigenvalue weighted by Crippen LogP contribution is 2.53. The minimum Gasteiger partial charge on any atom is -0.386 e. The van der Waals surface area contributed by atoms with Crippen LogP contribution >= 0.6 is 23.9 Å². The molecular formula is C28H37N12O19P3+2. The standard InChI is InChI=1S/C28H35N12O19P3/c29-13-1-3-38(26(43)35-13)23-16(41)18(10(55-23)5-52-60(46)47)58-61(48,49)53-6-11-19(17(42)24(56-11)39-4-2-14(30)36-27(39)44)59-62(50,51)54-7-12-20-28(45,37-20)25(57-12)40-9-34-15-21(31)32-8-33-22(15)40/h1-4,8-12,16-20,23-25,37,41-42,45H,5-7H2,(H8-,29,30,31,32,33,35,36,43,44,46,47,48,49,50,51)/p+2/t10-,11-,12-,16-,17-,18-,19-,20-,23-,24-,25-,28-/m1/s1. The predicted molar refractivity (Wildman–Crippen MR) is 197 cm³/mol. The average molecular weight is 939 g/mol. The number of nitrogens with two attached hydrogens (primary N) is 3. The number of aliphatic hydroxyl groups excluding tert-OH is 2. The summed E-state index contributed by atoms with van der Waals surface area (Å²) >= 11 is 0. The van der Waals surface area contributed by atoms with Crippen molar-refractivity contribution in [1.82, 2.24) is 39.4 Å². The molecule has 15 atom stereocenters. The lowest BCUT2D eigenvalue weighted by atomic mass is 10.1. The quantitative estimate of drug-likeness (QED) is 0.0285. The van der Waals surface area contributed by atoms with Crippen molar-refractivity contribution in [3.8, 4) is 0 Å². The van der Waals surface area contributed by atoms with E-state index < -0.39 is 128 Å². The number of morpholine rings is 1. The first-order valence-corrected chi connectivity index (χ1v) is 22.0. The molecule has 14 N–H and O–H groups in total. The van der Waals surface area contributed by atoms with Crippen molar-refractivity contribution in [3.63, 3.8) is 0 Å². The maximum atomic E-state index is 13.5. The molecule has 4 aliphatic rings. The lowest BCUT2D eigenvalue weighted by molar-refractivity contribution is -0.779. The van der Waals surface area contributed by atoms with Crippen LogP contribution in [0.4, 0.5) is 17.5 Å². The van der Waals surface area contributed by atoms with E-state index in [1.165, 1.54) is 23.3 Å². The number of imidazole rings is 1. The van der Waals surface area contributed by atoms with Crippen LogP contribution in [-0.2, 0) is 50.5 Å². The molecule has 0 amide bonds.